The lowest BCUT2D eigenvalue weighted by Crippen LogP contribution is -2.14. The summed E-state index contributed by atoms with van der Waals surface area (Å²) in [6.45, 7) is 1.81. The predicted octanol–water partition coefficient (Wildman–Crippen LogP) is 3.03. The number of anilines is 1. The normalized spacial score (nSPS) is 10.4. The molecule has 0 bridgehead atoms. The molecule has 1 N–H and O–H groups in total. The maximum atomic E-state index is 12.7. The summed E-state index contributed by atoms with van der Waals surface area (Å²) in [5.41, 5.74) is 2.19. The quantitative estimate of drug-likeness (QED) is 0.527. The summed E-state index contributed by atoms with van der Waals surface area (Å²) < 4.78 is 5.33. The van der Waals surface area contributed by atoms with Gasteiger partial charge in [-0.15, -0.1) is 10.2 Å². The van der Waals surface area contributed by atoms with E-state index in [2.05, 4.69) is 25.5 Å². The molecule has 3 rings (SSSR count). The van der Waals surface area contributed by atoms with Gasteiger partial charge in [-0.2, -0.15) is 0 Å². The van der Waals surface area contributed by atoms with E-state index in [1.807, 2.05) is 6.92 Å². The van der Waals surface area contributed by atoms with Gasteiger partial charge < -0.3 is 4.74 Å². The molecular weight excluding hydrogens is 378 g/mol. The summed E-state index contributed by atoms with van der Waals surface area (Å²) in [4.78, 5) is 31.6. The monoisotopic (exact) mass is 389 g/mol. The molecule has 0 saturated heterocycles. The number of aldehydes is 1. The molecule has 3 heterocycles. The van der Waals surface area contributed by atoms with Crippen molar-refractivity contribution in [3.05, 3.63) is 45.9 Å². The van der Waals surface area contributed by atoms with Gasteiger partial charge in [-0.3, -0.25) is 19.9 Å². The number of halogens is 1. The fourth-order valence-corrected chi connectivity index (χ4v) is 2.96. The number of aryl methyl sites for hydroxylation is 1. The second-order valence-corrected chi connectivity index (χ2v) is 6.49. The van der Waals surface area contributed by atoms with Crippen LogP contribution in [0.2, 0.25) is 5.15 Å². The summed E-state index contributed by atoms with van der Waals surface area (Å²) in [5, 5.41) is 10.6. The highest BCUT2D eigenvalue weighted by Gasteiger charge is 2.19. The van der Waals surface area contributed by atoms with Gasteiger partial charge in [0.05, 0.1) is 18.9 Å². The van der Waals surface area contributed by atoms with Crippen LogP contribution in [0.5, 0.6) is 5.75 Å². The molecule has 0 aromatic carbocycles. The molecule has 3 aromatic heterocycles. The van der Waals surface area contributed by atoms with Gasteiger partial charge in [-0.1, -0.05) is 22.9 Å². The van der Waals surface area contributed by atoms with Crippen LogP contribution in [0, 0.1) is 6.92 Å². The van der Waals surface area contributed by atoms with Gasteiger partial charge in [-0.25, -0.2) is 4.98 Å². The maximum Gasteiger partial charge on any atom is 0.259 e. The second kappa shape index (κ2) is 7.54. The SMILES string of the molecule is COc1cnc(Cl)cc1-c1cc(C)ncc1C(=O)Nc1nnc(C=O)s1. The van der Waals surface area contributed by atoms with E-state index in [1.54, 1.807) is 12.1 Å². The van der Waals surface area contributed by atoms with Crippen LogP contribution in [0.3, 0.4) is 0 Å². The van der Waals surface area contributed by atoms with Crippen molar-refractivity contribution >= 4 is 40.3 Å². The Labute approximate surface area is 157 Å². The predicted molar refractivity (Wildman–Crippen MR) is 97.0 cm³/mol. The van der Waals surface area contributed by atoms with Gasteiger partial charge >= 0.3 is 0 Å². The molecule has 0 unspecified atom stereocenters. The largest absolute Gasteiger partial charge is 0.494 e. The maximum absolute atomic E-state index is 12.7. The van der Waals surface area contributed by atoms with Crippen LogP contribution >= 0.6 is 22.9 Å². The van der Waals surface area contributed by atoms with Crippen LogP contribution in [0.15, 0.2) is 24.5 Å². The van der Waals surface area contributed by atoms with E-state index in [0.717, 1.165) is 11.3 Å². The Morgan fingerprint density at radius 1 is 1.23 bits per heavy atom. The number of nitrogens with one attached hydrogen (secondary N) is 1. The number of methoxy groups -OCH3 is 1. The lowest BCUT2D eigenvalue weighted by Gasteiger charge is -2.13. The Balaban J connectivity index is 2.04. The summed E-state index contributed by atoms with van der Waals surface area (Å²) in [6, 6.07) is 3.36. The van der Waals surface area contributed by atoms with E-state index in [9.17, 15) is 9.59 Å². The minimum absolute atomic E-state index is 0.171. The highest BCUT2D eigenvalue weighted by Crippen LogP contribution is 2.34. The van der Waals surface area contributed by atoms with Crippen molar-refractivity contribution in [3.63, 3.8) is 0 Å². The zero-order valence-corrected chi connectivity index (χ0v) is 15.3. The Bertz CT molecular complexity index is 992. The van der Waals surface area contributed by atoms with Gasteiger partial charge in [0.1, 0.15) is 10.9 Å². The van der Waals surface area contributed by atoms with Gasteiger partial charge in [-0.05, 0) is 19.1 Å². The van der Waals surface area contributed by atoms with E-state index >= 15 is 0 Å². The molecular formula is C16H12ClN5O3S. The molecule has 0 radical (unpaired) electrons. The van der Waals surface area contributed by atoms with Crippen molar-refractivity contribution in [1.29, 1.82) is 0 Å². The summed E-state index contributed by atoms with van der Waals surface area (Å²) in [7, 11) is 1.50. The number of rotatable bonds is 5. The Morgan fingerprint density at radius 3 is 2.73 bits per heavy atom. The van der Waals surface area contributed by atoms with Crippen LogP contribution in [0.25, 0.3) is 11.1 Å². The minimum Gasteiger partial charge on any atom is -0.494 e. The number of amides is 1. The highest BCUT2D eigenvalue weighted by molar-refractivity contribution is 7.16. The summed E-state index contributed by atoms with van der Waals surface area (Å²) >= 11 is 6.98. The smallest absolute Gasteiger partial charge is 0.259 e. The highest BCUT2D eigenvalue weighted by atomic mass is 35.5. The Kier molecular flexibility index (Phi) is 5.19. The number of ether oxygens (including phenoxy) is 1. The van der Waals surface area contributed by atoms with Crippen molar-refractivity contribution in [2.75, 3.05) is 12.4 Å². The number of pyridine rings is 2. The zero-order valence-electron chi connectivity index (χ0n) is 13.7. The Morgan fingerprint density at radius 2 is 2.04 bits per heavy atom. The molecule has 0 spiro atoms. The number of nitrogens with zero attached hydrogens (tertiary/aromatic N) is 4. The summed E-state index contributed by atoms with van der Waals surface area (Å²) in [6.07, 6.45) is 3.50. The number of hydrogen-bond acceptors (Lipinski definition) is 8. The van der Waals surface area contributed by atoms with Crippen molar-refractivity contribution in [2.24, 2.45) is 0 Å². The van der Waals surface area contributed by atoms with Gasteiger partial charge in [0.15, 0.2) is 11.3 Å². The number of aromatic nitrogens is 4. The van der Waals surface area contributed by atoms with E-state index in [4.69, 9.17) is 16.3 Å². The first-order valence-electron chi connectivity index (χ1n) is 7.28. The third kappa shape index (κ3) is 3.68. The fourth-order valence-electron chi connectivity index (χ4n) is 2.25. The Hall–Kier alpha value is -2.91. The minimum atomic E-state index is -0.448. The molecule has 0 atom stereocenters. The molecule has 1 amide bonds. The van der Waals surface area contributed by atoms with Crippen molar-refractivity contribution in [3.8, 4) is 16.9 Å². The first-order valence-corrected chi connectivity index (χ1v) is 8.48. The molecule has 8 nitrogen and oxygen atoms in total. The average Bonchev–Trinajstić information content (AvgIpc) is 3.09. The van der Waals surface area contributed by atoms with Crippen molar-refractivity contribution in [2.45, 2.75) is 6.92 Å². The van der Waals surface area contributed by atoms with Crippen LogP contribution in [0.4, 0.5) is 5.13 Å². The van der Waals surface area contributed by atoms with Crippen LogP contribution in [0.1, 0.15) is 25.9 Å². The van der Waals surface area contributed by atoms with Crippen molar-refractivity contribution in [1.82, 2.24) is 20.2 Å². The van der Waals surface area contributed by atoms with Gasteiger partial charge in [0.2, 0.25) is 5.13 Å². The van der Waals surface area contributed by atoms with E-state index in [1.165, 1.54) is 19.5 Å². The third-order valence-corrected chi connectivity index (χ3v) is 4.36. The van der Waals surface area contributed by atoms with E-state index in [-0.39, 0.29) is 15.3 Å². The first-order chi connectivity index (χ1) is 12.5. The molecule has 3 aromatic rings. The molecule has 0 aliphatic heterocycles. The lowest BCUT2D eigenvalue weighted by atomic mass is 10.0. The average molecular weight is 390 g/mol. The molecule has 0 saturated carbocycles. The molecule has 0 fully saturated rings. The number of carbonyl (C=O) groups is 2. The lowest BCUT2D eigenvalue weighted by molar-refractivity contribution is 0.102. The van der Waals surface area contributed by atoms with Crippen LogP contribution < -0.4 is 10.1 Å². The van der Waals surface area contributed by atoms with Crippen LogP contribution in [-0.2, 0) is 0 Å². The molecule has 0 aliphatic carbocycles. The molecule has 132 valence electrons. The van der Waals surface area contributed by atoms with Gasteiger partial charge in [0, 0.05) is 23.0 Å². The standard InChI is InChI=1S/C16H12ClN5O3S/c1-8-3-9(10-4-13(17)19-6-12(10)25-2)11(5-18-8)15(24)20-16-22-21-14(7-23)26-16/h3-7H,1-2H3,(H,20,22,24). The number of carbonyl (C=O) groups excluding carboxylic acids is 2. The third-order valence-electron chi connectivity index (χ3n) is 3.39. The van der Waals surface area contributed by atoms with E-state index in [0.29, 0.717) is 34.4 Å². The zero-order chi connectivity index (χ0) is 18.7. The van der Waals surface area contributed by atoms with Gasteiger partial charge in [0.25, 0.3) is 5.91 Å². The molecule has 0 aliphatic rings. The molecule has 26 heavy (non-hydrogen) atoms. The van der Waals surface area contributed by atoms with E-state index < -0.39 is 5.91 Å². The second-order valence-electron chi connectivity index (χ2n) is 5.10. The van der Waals surface area contributed by atoms with Crippen molar-refractivity contribution < 1.29 is 14.3 Å². The summed E-state index contributed by atoms with van der Waals surface area (Å²) in [5.74, 6) is 0.0179. The number of hydrogen-bond donors (Lipinski definition) is 1. The topological polar surface area (TPSA) is 107 Å². The molecule has 10 heteroatoms. The first kappa shape index (κ1) is 17.9. The fraction of sp³-hybridized carbons (Fsp3) is 0.125. The van der Waals surface area contributed by atoms with Crippen LogP contribution in [-0.4, -0.2) is 39.5 Å².